The lowest BCUT2D eigenvalue weighted by Crippen LogP contribution is -2.38. The SMILES string of the molecule is CSc1ccc(CNC(=S)NC(=O)c2ccccc2Br)cc1. The first-order chi connectivity index (χ1) is 10.6. The third-order valence-electron chi connectivity index (χ3n) is 2.96. The second-order valence-electron chi connectivity index (χ2n) is 4.46. The first-order valence-corrected chi connectivity index (χ1v) is 8.99. The Kier molecular flexibility index (Phi) is 6.42. The van der Waals surface area contributed by atoms with Crippen molar-refractivity contribution in [3.63, 3.8) is 0 Å². The van der Waals surface area contributed by atoms with Crippen molar-refractivity contribution >= 4 is 50.9 Å². The molecule has 2 aromatic carbocycles. The number of carbonyl (C=O) groups is 1. The van der Waals surface area contributed by atoms with Gasteiger partial charge in [0.2, 0.25) is 0 Å². The van der Waals surface area contributed by atoms with Crippen molar-refractivity contribution in [3.8, 4) is 0 Å². The Bertz CT molecular complexity index is 674. The molecule has 6 heteroatoms. The molecule has 114 valence electrons. The largest absolute Gasteiger partial charge is 0.358 e. The van der Waals surface area contributed by atoms with E-state index in [1.165, 1.54) is 4.90 Å². The van der Waals surface area contributed by atoms with Gasteiger partial charge >= 0.3 is 0 Å². The molecule has 0 spiro atoms. The topological polar surface area (TPSA) is 41.1 Å². The van der Waals surface area contributed by atoms with E-state index in [2.05, 4.69) is 38.7 Å². The molecule has 1 amide bonds. The van der Waals surface area contributed by atoms with Gasteiger partial charge in [-0.05, 0) is 64.2 Å². The van der Waals surface area contributed by atoms with Crippen molar-refractivity contribution in [1.82, 2.24) is 10.6 Å². The van der Waals surface area contributed by atoms with E-state index in [9.17, 15) is 4.79 Å². The molecule has 0 unspecified atom stereocenters. The van der Waals surface area contributed by atoms with E-state index in [4.69, 9.17) is 12.2 Å². The molecule has 2 N–H and O–H groups in total. The van der Waals surface area contributed by atoms with Crippen molar-refractivity contribution in [1.29, 1.82) is 0 Å². The zero-order valence-electron chi connectivity index (χ0n) is 11.9. The minimum absolute atomic E-state index is 0.234. The van der Waals surface area contributed by atoms with E-state index in [0.717, 1.165) is 10.0 Å². The average molecular weight is 395 g/mol. The first kappa shape index (κ1) is 17.0. The fraction of sp³-hybridized carbons (Fsp3) is 0.125. The van der Waals surface area contributed by atoms with Gasteiger partial charge in [0.05, 0.1) is 5.56 Å². The zero-order chi connectivity index (χ0) is 15.9. The maximum absolute atomic E-state index is 12.1. The van der Waals surface area contributed by atoms with Gasteiger partial charge in [0.1, 0.15) is 0 Å². The summed E-state index contributed by atoms with van der Waals surface area (Å²) >= 11 is 10.2. The van der Waals surface area contributed by atoms with Crippen LogP contribution in [0.4, 0.5) is 0 Å². The zero-order valence-corrected chi connectivity index (χ0v) is 15.1. The third-order valence-corrected chi connectivity index (χ3v) is 4.64. The number of hydrogen-bond acceptors (Lipinski definition) is 3. The lowest BCUT2D eigenvalue weighted by atomic mass is 10.2. The van der Waals surface area contributed by atoms with E-state index >= 15 is 0 Å². The summed E-state index contributed by atoms with van der Waals surface area (Å²) in [6, 6.07) is 15.4. The molecular weight excluding hydrogens is 380 g/mol. The normalized spacial score (nSPS) is 10.1. The van der Waals surface area contributed by atoms with Gasteiger partial charge in [-0.3, -0.25) is 10.1 Å². The smallest absolute Gasteiger partial charge is 0.258 e. The molecule has 0 aliphatic carbocycles. The van der Waals surface area contributed by atoms with Crippen LogP contribution in [0.5, 0.6) is 0 Å². The summed E-state index contributed by atoms with van der Waals surface area (Å²) in [4.78, 5) is 13.3. The molecule has 0 heterocycles. The van der Waals surface area contributed by atoms with E-state index in [-0.39, 0.29) is 5.91 Å². The van der Waals surface area contributed by atoms with Crippen LogP contribution >= 0.6 is 39.9 Å². The quantitative estimate of drug-likeness (QED) is 0.607. The van der Waals surface area contributed by atoms with Crippen molar-refractivity contribution in [3.05, 3.63) is 64.1 Å². The molecule has 0 aliphatic heterocycles. The summed E-state index contributed by atoms with van der Waals surface area (Å²) in [6.45, 7) is 0.573. The van der Waals surface area contributed by atoms with Crippen molar-refractivity contribution < 1.29 is 4.79 Å². The summed E-state index contributed by atoms with van der Waals surface area (Å²) in [5.74, 6) is -0.234. The Morgan fingerprint density at radius 2 is 1.86 bits per heavy atom. The molecule has 0 fully saturated rings. The van der Waals surface area contributed by atoms with Crippen LogP contribution in [0, 0.1) is 0 Å². The number of nitrogens with one attached hydrogen (secondary N) is 2. The van der Waals surface area contributed by atoms with Crippen molar-refractivity contribution in [2.24, 2.45) is 0 Å². The minimum Gasteiger partial charge on any atom is -0.358 e. The highest BCUT2D eigenvalue weighted by molar-refractivity contribution is 9.10. The number of halogens is 1. The number of carbonyl (C=O) groups excluding carboxylic acids is 1. The number of benzene rings is 2. The van der Waals surface area contributed by atoms with Gasteiger partial charge in [0.15, 0.2) is 5.11 Å². The fourth-order valence-corrected chi connectivity index (χ4v) is 2.82. The Labute approximate surface area is 148 Å². The van der Waals surface area contributed by atoms with Gasteiger partial charge in [-0.1, -0.05) is 24.3 Å². The second-order valence-corrected chi connectivity index (χ2v) is 6.61. The molecule has 0 aromatic heterocycles. The van der Waals surface area contributed by atoms with Crippen LogP contribution in [-0.4, -0.2) is 17.3 Å². The molecule has 2 rings (SSSR count). The predicted octanol–water partition coefficient (Wildman–Crippen LogP) is 3.98. The number of amides is 1. The van der Waals surface area contributed by atoms with Gasteiger partial charge in [-0.2, -0.15) is 0 Å². The number of thioether (sulfide) groups is 1. The number of hydrogen-bond donors (Lipinski definition) is 2. The van der Waals surface area contributed by atoms with Crippen LogP contribution in [0.25, 0.3) is 0 Å². The monoisotopic (exact) mass is 394 g/mol. The van der Waals surface area contributed by atoms with E-state index < -0.39 is 0 Å². The third kappa shape index (κ3) is 4.83. The molecule has 22 heavy (non-hydrogen) atoms. The van der Waals surface area contributed by atoms with Gasteiger partial charge < -0.3 is 5.32 Å². The van der Waals surface area contributed by atoms with Gasteiger partial charge in [-0.25, -0.2) is 0 Å². The molecule has 0 atom stereocenters. The van der Waals surface area contributed by atoms with Crippen molar-refractivity contribution in [2.75, 3.05) is 6.26 Å². The Hall–Kier alpha value is -1.37. The molecule has 3 nitrogen and oxygen atoms in total. The maximum Gasteiger partial charge on any atom is 0.258 e. The minimum atomic E-state index is -0.234. The second kappa shape index (κ2) is 8.31. The molecule has 0 saturated carbocycles. The van der Waals surface area contributed by atoms with Crippen LogP contribution in [0.15, 0.2) is 57.9 Å². The summed E-state index contributed by atoms with van der Waals surface area (Å²) < 4.78 is 0.739. The Balaban J connectivity index is 1.87. The van der Waals surface area contributed by atoms with Crippen LogP contribution in [-0.2, 0) is 6.54 Å². The fourth-order valence-electron chi connectivity index (χ4n) is 1.79. The van der Waals surface area contributed by atoms with Crippen LogP contribution in [0.3, 0.4) is 0 Å². The molecule has 0 saturated heterocycles. The molecule has 2 aromatic rings. The lowest BCUT2D eigenvalue weighted by molar-refractivity contribution is 0.0976. The highest BCUT2D eigenvalue weighted by Gasteiger charge is 2.10. The van der Waals surface area contributed by atoms with E-state index in [1.54, 1.807) is 17.8 Å². The molecular formula is C16H15BrN2OS2. The summed E-state index contributed by atoms with van der Waals surface area (Å²) in [7, 11) is 0. The average Bonchev–Trinajstić information content (AvgIpc) is 2.53. The summed E-state index contributed by atoms with van der Waals surface area (Å²) in [5, 5.41) is 6.03. The van der Waals surface area contributed by atoms with Crippen LogP contribution in [0.2, 0.25) is 0 Å². The lowest BCUT2D eigenvalue weighted by Gasteiger charge is -2.10. The highest BCUT2D eigenvalue weighted by Crippen LogP contribution is 2.16. The number of rotatable bonds is 4. The van der Waals surface area contributed by atoms with E-state index in [1.807, 2.05) is 36.6 Å². The highest BCUT2D eigenvalue weighted by atomic mass is 79.9. The summed E-state index contributed by atoms with van der Waals surface area (Å²) in [6.07, 6.45) is 2.04. The number of thiocarbonyl (C=S) groups is 1. The van der Waals surface area contributed by atoms with Gasteiger partial charge in [-0.15, -0.1) is 11.8 Å². The first-order valence-electron chi connectivity index (χ1n) is 6.57. The molecule has 0 aliphatic rings. The predicted molar refractivity (Wildman–Crippen MR) is 99.3 cm³/mol. The Morgan fingerprint density at radius 1 is 1.18 bits per heavy atom. The van der Waals surface area contributed by atoms with Crippen molar-refractivity contribution in [2.45, 2.75) is 11.4 Å². The summed E-state index contributed by atoms with van der Waals surface area (Å²) in [5.41, 5.74) is 1.66. The molecule has 0 radical (unpaired) electrons. The maximum atomic E-state index is 12.1. The standard InChI is InChI=1S/C16H15BrN2OS2/c1-22-12-8-6-11(7-9-12)10-18-16(21)19-15(20)13-4-2-3-5-14(13)17/h2-9H,10H2,1H3,(H2,18,19,20,21). The van der Waals surface area contributed by atoms with Crippen LogP contribution in [0.1, 0.15) is 15.9 Å². The Morgan fingerprint density at radius 3 is 2.50 bits per heavy atom. The van der Waals surface area contributed by atoms with Gasteiger partial charge in [0.25, 0.3) is 5.91 Å². The molecule has 0 bridgehead atoms. The van der Waals surface area contributed by atoms with Crippen LogP contribution < -0.4 is 10.6 Å². The van der Waals surface area contributed by atoms with E-state index in [0.29, 0.717) is 17.2 Å². The van der Waals surface area contributed by atoms with Gasteiger partial charge in [0, 0.05) is 15.9 Å².